The third-order valence-corrected chi connectivity index (χ3v) is 3.55. The van der Waals surface area contributed by atoms with Gasteiger partial charge in [-0.3, -0.25) is 0 Å². The standard InChI is InChI=1S/C13H27NO/c1-10-6-5-7-12(10)14-9-13(3,4)8-11(2)15/h10-12,14-15H,5-9H2,1-4H3. The molecule has 0 heterocycles. The number of aliphatic hydroxyl groups excluding tert-OH is 1. The fourth-order valence-corrected chi connectivity index (χ4v) is 2.73. The Hall–Kier alpha value is -0.0800. The Kier molecular flexibility index (Phi) is 4.60. The maximum absolute atomic E-state index is 9.40. The first-order chi connectivity index (χ1) is 6.91. The molecule has 0 aromatic heterocycles. The number of rotatable bonds is 5. The maximum atomic E-state index is 9.40. The summed E-state index contributed by atoms with van der Waals surface area (Å²) >= 11 is 0. The number of aliphatic hydroxyl groups is 1. The Morgan fingerprint density at radius 2 is 2.07 bits per heavy atom. The van der Waals surface area contributed by atoms with Gasteiger partial charge in [-0.05, 0) is 37.5 Å². The highest BCUT2D eigenvalue weighted by molar-refractivity contribution is 4.83. The minimum absolute atomic E-state index is 0.192. The van der Waals surface area contributed by atoms with Gasteiger partial charge in [-0.1, -0.05) is 27.2 Å². The fourth-order valence-electron chi connectivity index (χ4n) is 2.73. The fraction of sp³-hybridized carbons (Fsp3) is 1.00. The molecular formula is C13H27NO. The van der Waals surface area contributed by atoms with Crippen molar-refractivity contribution < 1.29 is 5.11 Å². The van der Waals surface area contributed by atoms with E-state index in [1.165, 1.54) is 19.3 Å². The van der Waals surface area contributed by atoms with Crippen molar-refractivity contribution in [3.05, 3.63) is 0 Å². The molecule has 0 aliphatic heterocycles. The van der Waals surface area contributed by atoms with Crippen molar-refractivity contribution >= 4 is 0 Å². The lowest BCUT2D eigenvalue weighted by atomic mass is 9.86. The van der Waals surface area contributed by atoms with Crippen LogP contribution >= 0.6 is 0 Å². The van der Waals surface area contributed by atoms with Crippen molar-refractivity contribution in [2.45, 2.75) is 65.5 Å². The third-order valence-electron chi connectivity index (χ3n) is 3.55. The topological polar surface area (TPSA) is 32.3 Å². The second-order valence-corrected chi connectivity index (χ2v) is 6.11. The molecule has 1 fully saturated rings. The van der Waals surface area contributed by atoms with Crippen LogP contribution in [0.25, 0.3) is 0 Å². The molecule has 2 nitrogen and oxygen atoms in total. The summed E-state index contributed by atoms with van der Waals surface area (Å²) in [4.78, 5) is 0. The molecule has 1 aliphatic carbocycles. The summed E-state index contributed by atoms with van der Waals surface area (Å²) in [5, 5.41) is 13.1. The van der Waals surface area contributed by atoms with Crippen LogP contribution in [0.15, 0.2) is 0 Å². The molecule has 90 valence electrons. The van der Waals surface area contributed by atoms with Crippen LogP contribution in [-0.4, -0.2) is 23.8 Å². The smallest absolute Gasteiger partial charge is 0.0517 e. The second kappa shape index (κ2) is 5.31. The SMILES string of the molecule is CC(O)CC(C)(C)CNC1CCCC1C. The van der Waals surface area contributed by atoms with Gasteiger partial charge in [0.2, 0.25) is 0 Å². The number of nitrogens with one attached hydrogen (secondary N) is 1. The molecule has 1 saturated carbocycles. The molecule has 15 heavy (non-hydrogen) atoms. The van der Waals surface area contributed by atoms with E-state index in [1.54, 1.807) is 0 Å². The van der Waals surface area contributed by atoms with Crippen molar-refractivity contribution in [1.29, 1.82) is 0 Å². The first kappa shape index (κ1) is 13.0. The highest BCUT2D eigenvalue weighted by Gasteiger charge is 2.26. The van der Waals surface area contributed by atoms with Gasteiger partial charge in [-0.2, -0.15) is 0 Å². The molecule has 0 aromatic carbocycles. The van der Waals surface area contributed by atoms with Crippen LogP contribution in [0.5, 0.6) is 0 Å². The molecule has 0 amide bonds. The minimum atomic E-state index is -0.192. The van der Waals surface area contributed by atoms with Crippen molar-refractivity contribution in [1.82, 2.24) is 5.32 Å². The van der Waals surface area contributed by atoms with Gasteiger partial charge in [0.05, 0.1) is 6.10 Å². The number of hydrogen-bond acceptors (Lipinski definition) is 2. The van der Waals surface area contributed by atoms with Gasteiger partial charge in [0, 0.05) is 12.6 Å². The van der Waals surface area contributed by atoms with E-state index in [0.717, 1.165) is 18.9 Å². The lowest BCUT2D eigenvalue weighted by molar-refractivity contribution is 0.125. The monoisotopic (exact) mass is 213 g/mol. The van der Waals surface area contributed by atoms with Crippen molar-refractivity contribution in [3.63, 3.8) is 0 Å². The van der Waals surface area contributed by atoms with Crippen molar-refractivity contribution in [2.75, 3.05) is 6.54 Å². The Morgan fingerprint density at radius 3 is 2.53 bits per heavy atom. The van der Waals surface area contributed by atoms with Crippen LogP contribution in [0, 0.1) is 11.3 Å². The molecule has 1 aliphatic rings. The minimum Gasteiger partial charge on any atom is -0.393 e. The van der Waals surface area contributed by atoms with Gasteiger partial charge in [-0.15, -0.1) is 0 Å². The van der Waals surface area contributed by atoms with Gasteiger partial charge in [0.1, 0.15) is 0 Å². The van der Waals surface area contributed by atoms with Crippen LogP contribution in [0.3, 0.4) is 0 Å². The lowest BCUT2D eigenvalue weighted by Crippen LogP contribution is -2.39. The summed E-state index contributed by atoms with van der Waals surface area (Å²) in [6.07, 6.45) is 4.75. The Morgan fingerprint density at radius 1 is 1.40 bits per heavy atom. The summed E-state index contributed by atoms with van der Waals surface area (Å²) < 4.78 is 0. The molecule has 2 heteroatoms. The molecule has 0 spiro atoms. The highest BCUT2D eigenvalue weighted by Crippen LogP contribution is 2.27. The summed E-state index contributed by atoms with van der Waals surface area (Å²) in [5.74, 6) is 0.826. The lowest BCUT2D eigenvalue weighted by Gasteiger charge is -2.29. The Bertz CT molecular complexity index is 189. The van der Waals surface area contributed by atoms with Crippen molar-refractivity contribution in [2.24, 2.45) is 11.3 Å². The average molecular weight is 213 g/mol. The van der Waals surface area contributed by atoms with Gasteiger partial charge >= 0.3 is 0 Å². The largest absolute Gasteiger partial charge is 0.393 e. The van der Waals surface area contributed by atoms with Crippen LogP contribution in [-0.2, 0) is 0 Å². The van der Waals surface area contributed by atoms with Gasteiger partial charge in [0.15, 0.2) is 0 Å². The summed E-state index contributed by atoms with van der Waals surface area (Å²) in [6.45, 7) is 9.69. The zero-order valence-corrected chi connectivity index (χ0v) is 10.7. The quantitative estimate of drug-likeness (QED) is 0.735. The van der Waals surface area contributed by atoms with Crippen LogP contribution < -0.4 is 5.32 Å². The Labute approximate surface area is 94.5 Å². The predicted molar refractivity (Wildman–Crippen MR) is 64.9 cm³/mol. The zero-order chi connectivity index (χ0) is 11.5. The van der Waals surface area contributed by atoms with Gasteiger partial charge in [0.25, 0.3) is 0 Å². The van der Waals surface area contributed by atoms with E-state index < -0.39 is 0 Å². The molecule has 0 bridgehead atoms. The van der Waals surface area contributed by atoms with Crippen LogP contribution in [0.4, 0.5) is 0 Å². The molecule has 0 aromatic rings. The summed E-state index contributed by atoms with van der Waals surface area (Å²) in [6, 6.07) is 0.707. The normalized spacial score (nSPS) is 29.4. The second-order valence-electron chi connectivity index (χ2n) is 6.11. The third kappa shape index (κ3) is 4.52. The molecular weight excluding hydrogens is 186 g/mol. The number of hydrogen-bond donors (Lipinski definition) is 2. The van der Waals surface area contributed by atoms with Gasteiger partial charge < -0.3 is 10.4 Å². The zero-order valence-electron chi connectivity index (χ0n) is 10.7. The molecule has 0 radical (unpaired) electrons. The van der Waals surface area contributed by atoms with Crippen LogP contribution in [0.1, 0.15) is 53.4 Å². The van der Waals surface area contributed by atoms with E-state index in [0.29, 0.717) is 6.04 Å². The highest BCUT2D eigenvalue weighted by atomic mass is 16.3. The van der Waals surface area contributed by atoms with Gasteiger partial charge in [-0.25, -0.2) is 0 Å². The van der Waals surface area contributed by atoms with E-state index >= 15 is 0 Å². The first-order valence-electron chi connectivity index (χ1n) is 6.32. The first-order valence-corrected chi connectivity index (χ1v) is 6.32. The maximum Gasteiger partial charge on any atom is 0.0517 e. The summed E-state index contributed by atoms with van der Waals surface area (Å²) in [5.41, 5.74) is 0.205. The molecule has 2 N–H and O–H groups in total. The molecule has 3 atom stereocenters. The van der Waals surface area contributed by atoms with E-state index in [4.69, 9.17) is 0 Å². The summed E-state index contributed by atoms with van der Waals surface area (Å²) in [7, 11) is 0. The van der Waals surface area contributed by atoms with E-state index in [2.05, 4.69) is 26.1 Å². The predicted octanol–water partition coefficient (Wildman–Crippen LogP) is 2.56. The molecule has 3 unspecified atom stereocenters. The van der Waals surface area contributed by atoms with Crippen LogP contribution in [0.2, 0.25) is 0 Å². The Balaban J connectivity index is 2.28. The average Bonchev–Trinajstić information content (AvgIpc) is 2.45. The van der Waals surface area contributed by atoms with Crippen molar-refractivity contribution in [3.8, 4) is 0 Å². The molecule has 0 saturated heterocycles. The van der Waals surface area contributed by atoms with E-state index in [1.807, 2.05) is 6.92 Å². The molecule has 1 rings (SSSR count). The van der Waals surface area contributed by atoms with E-state index in [-0.39, 0.29) is 11.5 Å². The van der Waals surface area contributed by atoms with E-state index in [9.17, 15) is 5.11 Å².